The second-order valence-corrected chi connectivity index (χ2v) is 4.58. The summed E-state index contributed by atoms with van der Waals surface area (Å²) in [6.45, 7) is 2.15. The molecular weight excluding hydrogens is 292 g/mol. The minimum absolute atomic E-state index is 0.0544. The van der Waals surface area contributed by atoms with Gasteiger partial charge in [-0.2, -0.15) is 10.2 Å². The van der Waals surface area contributed by atoms with Gasteiger partial charge in [-0.15, -0.1) is 0 Å². The quantitative estimate of drug-likeness (QED) is 0.600. The van der Waals surface area contributed by atoms with Crippen LogP contribution >= 0.6 is 0 Å². The minimum Gasteiger partial charge on any atom is -0.362 e. The Balaban J connectivity index is 1.88. The van der Waals surface area contributed by atoms with Crippen molar-refractivity contribution in [2.24, 2.45) is 0 Å². The number of rotatable bonds is 7. The Hall–Kier alpha value is -2.75. The number of ether oxygens (including phenoxy) is 1. The molecule has 0 aliphatic rings. The van der Waals surface area contributed by atoms with Crippen LogP contribution in [0, 0.1) is 17.0 Å². The molecule has 118 valence electrons. The first-order valence-electron chi connectivity index (χ1n) is 6.49. The predicted molar refractivity (Wildman–Crippen MR) is 76.1 cm³/mol. The molecule has 1 N–H and O–H groups in total. The third-order valence-electron chi connectivity index (χ3n) is 3.00. The molecule has 22 heavy (non-hydrogen) atoms. The summed E-state index contributed by atoms with van der Waals surface area (Å²) in [7, 11) is 1.55. The van der Waals surface area contributed by atoms with Crippen LogP contribution < -0.4 is 5.32 Å². The molecule has 10 nitrogen and oxygen atoms in total. The highest BCUT2D eigenvalue weighted by Gasteiger charge is 2.16. The van der Waals surface area contributed by atoms with E-state index in [2.05, 4.69) is 15.5 Å². The summed E-state index contributed by atoms with van der Waals surface area (Å²) in [5, 5.41) is 21.3. The molecule has 0 aromatic carbocycles. The highest BCUT2D eigenvalue weighted by molar-refractivity contribution is 5.90. The smallest absolute Gasteiger partial charge is 0.309 e. The van der Waals surface area contributed by atoms with Gasteiger partial charge >= 0.3 is 5.69 Å². The number of carbonyl (C=O) groups excluding carboxylic acids is 1. The van der Waals surface area contributed by atoms with Crippen LogP contribution in [0.5, 0.6) is 0 Å². The Bertz CT molecular complexity index is 677. The summed E-state index contributed by atoms with van der Waals surface area (Å²) in [6, 6.07) is 0. The van der Waals surface area contributed by atoms with Gasteiger partial charge < -0.3 is 10.1 Å². The number of nitrogens with one attached hydrogen (secondary N) is 1. The summed E-state index contributed by atoms with van der Waals surface area (Å²) >= 11 is 0. The lowest BCUT2D eigenvalue weighted by molar-refractivity contribution is -0.385. The van der Waals surface area contributed by atoms with Crippen molar-refractivity contribution in [2.45, 2.75) is 26.6 Å². The van der Waals surface area contributed by atoms with Gasteiger partial charge in [-0.3, -0.25) is 19.6 Å². The number of hydrogen-bond acceptors (Lipinski definition) is 6. The molecule has 0 saturated heterocycles. The van der Waals surface area contributed by atoms with E-state index in [0.717, 1.165) is 0 Å². The number of hydrogen-bond donors (Lipinski definition) is 1. The maximum Gasteiger partial charge on any atom is 0.309 e. The largest absolute Gasteiger partial charge is 0.362 e. The van der Waals surface area contributed by atoms with Crippen molar-refractivity contribution in [1.82, 2.24) is 19.6 Å². The van der Waals surface area contributed by atoms with Crippen LogP contribution in [-0.4, -0.2) is 37.5 Å². The van der Waals surface area contributed by atoms with Crippen molar-refractivity contribution in [3.63, 3.8) is 0 Å². The molecule has 0 radical (unpaired) electrons. The van der Waals surface area contributed by atoms with Gasteiger partial charge in [-0.25, -0.2) is 4.68 Å². The monoisotopic (exact) mass is 308 g/mol. The van der Waals surface area contributed by atoms with Gasteiger partial charge in [0.05, 0.1) is 29.5 Å². The lowest BCUT2D eigenvalue weighted by Crippen LogP contribution is -2.15. The summed E-state index contributed by atoms with van der Waals surface area (Å²) in [5.74, 6) is -0.227. The Morgan fingerprint density at radius 1 is 1.45 bits per heavy atom. The molecule has 0 bridgehead atoms. The topological polar surface area (TPSA) is 117 Å². The number of nitro groups is 1. The van der Waals surface area contributed by atoms with Crippen molar-refractivity contribution < 1.29 is 14.5 Å². The fourth-order valence-corrected chi connectivity index (χ4v) is 1.90. The maximum absolute atomic E-state index is 11.9. The highest BCUT2D eigenvalue weighted by Crippen LogP contribution is 2.16. The molecule has 2 heterocycles. The number of nitrogens with zero attached hydrogens (tertiary/aromatic N) is 5. The van der Waals surface area contributed by atoms with E-state index >= 15 is 0 Å². The van der Waals surface area contributed by atoms with Crippen LogP contribution in [0.3, 0.4) is 0 Å². The van der Waals surface area contributed by atoms with Gasteiger partial charge in [0.2, 0.25) is 5.91 Å². The predicted octanol–water partition coefficient (Wildman–Crippen LogP) is 0.929. The molecule has 2 aromatic heterocycles. The molecule has 0 aliphatic heterocycles. The van der Waals surface area contributed by atoms with Crippen LogP contribution in [0.15, 0.2) is 18.6 Å². The zero-order chi connectivity index (χ0) is 16.1. The maximum atomic E-state index is 11.9. The Kier molecular flexibility index (Phi) is 4.84. The molecule has 0 unspecified atom stereocenters. The van der Waals surface area contributed by atoms with Crippen LogP contribution in [0.4, 0.5) is 11.4 Å². The average molecular weight is 308 g/mol. The lowest BCUT2D eigenvalue weighted by Gasteiger charge is -2.04. The van der Waals surface area contributed by atoms with Crippen LogP contribution in [0.1, 0.15) is 12.1 Å². The van der Waals surface area contributed by atoms with E-state index in [9.17, 15) is 14.9 Å². The molecule has 2 aromatic rings. The first-order valence-corrected chi connectivity index (χ1v) is 6.49. The van der Waals surface area contributed by atoms with Crippen molar-refractivity contribution in [3.8, 4) is 0 Å². The van der Waals surface area contributed by atoms with Gasteiger partial charge in [0.15, 0.2) is 0 Å². The molecule has 0 atom stereocenters. The second-order valence-electron chi connectivity index (χ2n) is 4.58. The van der Waals surface area contributed by atoms with E-state index < -0.39 is 4.92 Å². The molecule has 0 fully saturated rings. The number of methoxy groups -OCH3 is 1. The zero-order valence-electron chi connectivity index (χ0n) is 12.2. The standard InChI is InChI=1S/C12H16N6O4/c1-9-11(18(20)21)6-14-17(9)4-3-12(19)15-10-5-13-16(7-10)8-22-2/h5-7H,3-4,8H2,1-2H3,(H,15,19). The molecule has 1 amide bonds. The molecular formula is C12H16N6O4. The third kappa shape index (κ3) is 3.67. The molecule has 0 spiro atoms. The van der Waals surface area contributed by atoms with Gasteiger partial charge in [0.1, 0.15) is 18.6 Å². The first kappa shape index (κ1) is 15.6. The fourth-order valence-electron chi connectivity index (χ4n) is 1.90. The van der Waals surface area contributed by atoms with E-state index in [-0.39, 0.29) is 24.6 Å². The van der Waals surface area contributed by atoms with Gasteiger partial charge in [-0.05, 0) is 6.92 Å². The van der Waals surface area contributed by atoms with Crippen LogP contribution in [-0.2, 0) is 22.8 Å². The number of aromatic nitrogens is 4. The Labute approximate surface area is 125 Å². The molecule has 10 heteroatoms. The van der Waals surface area contributed by atoms with Crippen molar-refractivity contribution in [3.05, 3.63) is 34.4 Å². The normalized spacial score (nSPS) is 10.6. The van der Waals surface area contributed by atoms with Crippen molar-refractivity contribution in [2.75, 3.05) is 12.4 Å². The SMILES string of the molecule is COCn1cc(NC(=O)CCn2ncc([N+](=O)[O-])c2C)cn1. The average Bonchev–Trinajstić information content (AvgIpc) is 3.04. The van der Waals surface area contributed by atoms with Gasteiger partial charge in [0.25, 0.3) is 0 Å². The summed E-state index contributed by atoms with van der Waals surface area (Å²) < 4.78 is 7.88. The summed E-state index contributed by atoms with van der Waals surface area (Å²) in [4.78, 5) is 22.1. The first-order chi connectivity index (χ1) is 10.5. The van der Waals surface area contributed by atoms with E-state index in [1.54, 1.807) is 20.2 Å². The van der Waals surface area contributed by atoms with Crippen LogP contribution in [0.25, 0.3) is 0 Å². The molecule has 0 aliphatic carbocycles. The Morgan fingerprint density at radius 3 is 2.86 bits per heavy atom. The van der Waals surface area contributed by atoms with E-state index in [1.807, 2.05) is 0 Å². The number of anilines is 1. The number of aryl methyl sites for hydroxylation is 1. The second kappa shape index (κ2) is 6.80. The molecule has 2 rings (SSSR count). The number of amides is 1. The van der Waals surface area contributed by atoms with Gasteiger partial charge in [0, 0.05) is 13.5 Å². The van der Waals surface area contributed by atoms with Gasteiger partial charge in [-0.1, -0.05) is 0 Å². The molecule has 0 saturated carbocycles. The summed E-state index contributed by atoms with van der Waals surface area (Å²) in [5.41, 5.74) is 0.928. The van der Waals surface area contributed by atoms with Crippen molar-refractivity contribution >= 4 is 17.3 Å². The van der Waals surface area contributed by atoms with E-state index in [1.165, 1.54) is 21.8 Å². The number of carbonyl (C=O) groups is 1. The summed E-state index contributed by atoms with van der Waals surface area (Å²) in [6.07, 6.45) is 4.49. The Morgan fingerprint density at radius 2 is 2.23 bits per heavy atom. The fraction of sp³-hybridized carbons (Fsp3) is 0.417. The zero-order valence-corrected chi connectivity index (χ0v) is 12.2. The third-order valence-corrected chi connectivity index (χ3v) is 3.00. The van der Waals surface area contributed by atoms with Crippen LogP contribution in [0.2, 0.25) is 0 Å². The van der Waals surface area contributed by atoms with E-state index in [4.69, 9.17) is 4.74 Å². The highest BCUT2D eigenvalue weighted by atomic mass is 16.6. The lowest BCUT2D eigenvalue weighted by atomic mass is 10.3. The van der Waals surface area contributed by atoms with E-state index in [0.29, 0.717) is 18.1 Å². The van der Waals surface area contributed by atoms with Crippen molar-refractivity contribution in [1.29, 1.82) is 0 Å². The minimum atomic E-state index is -0.497.